The van der Waals surface area contributed by atoms with Crippen LogP contribution >= 0.6 is 0 Å². The van der Waals surface area contributed by atoms with Crippen LogP contribution in [-0.4, -0.2) is 48.2 Å². The highest BCUT2D eigenvalue weighted by Gasteiger charge is 2.17. The van der Waals surface area contributed by atoms with Crippen molar-refractivity contribution in [1.82, 2.24) is 10.2 Å². The summed E-state index contributed by atoms with van der Waals surface area (Å²) in [5, 5.41) is 11.6. The van der Waals surface area contributed by atoms with Crippen LogP contribution in [0.3, 0.4) is 0 Å². The van der Waals surface area contributed by atoms with Crippen LogP contribution in [0.1, 0.15) is 40.0 Å². The van der Waals surface area contributed by atoms with Gasteiger partial charge in [0.2, 0.25) is 5.91 Å². The van der Waals surface area contributed by atoms with Crippen LogP contribution in [0.2, 0.25) is 0 Å². The first-order valence-electron chi connectivity index (χ1n) is 6.10. The maximum absolute atomic E-state index is 11.7. The number of hydrogen-bond donors (Lipinski definition) is 2. The Morgan fingerprint density at radius 3 is 2.38 bits per heavy atom. The van der Waals surface area contributed by atoms with Crippen molar-refractivity contribution < 1.29 is 9.90 Å². The van der Waals surface area contributed by atoms with Crippen LogP contribution < -0.4 is 5.32 Å². The molecule has 0 radical (unpaired) electrons. The molecule has 4 heteroatoms. The average Bonchev–Trinajstić information content (AvgIpc) is 2.22. The number of aliphatic hydroxyl groups is 1. The molecule has 0 aromatic carbocycles. The van der Waals surface area contributed by atoms with Gasteiger partial charge in [0.15, 0.2) is 0 Å². The van der Waals surface area contributed by atoms with E-state index in [9.17, 15) is 4.79 Å². The molecule has 0 aromatic heterocycles. The predicted molar refractivity (Wildman–Crippen MR) is 66.3 cm³/mol. The number of carbonyl (C=O) groups excluding carboxylic acids is 1. The molecule has 0 aliphatic carbocycles. The van der Waals surface area contributed by atoms with Gasteiger partial charge in [0.1, 0.15) is 0 Å². The lowest BCUT2D eigenvalue weighted by Crippen LogP contribution is -2.45. The topological polar surface area (TPSA) is 52.6 Å². The molecule has 0 saturated carbocycles. The Morgan fingerprint density at radius 2 is 1.88 bits per heavy atom. The second kappa shape index (κ2) is 8.53. The van der Waals surface area contributed by atoms with E-state index in [0.29, 0.717) is 0 Å². The van der Waals surface area contributed by atoms with Gasteiger partial charge in [0, 0.05) is 12.6 Å². The lowest BCUT2D eigenvalue weighted by Gasteiger charge is -2.24. The van der Waals surface area contributed by atoms with E-state index in [4.69, 9.17) is 5.11 Å². The second-order valence-electron chi connectivity index (χ2n) is 4.60. The first kappa shape index (κ1) is 15.4. The van der Waals surface area contributed by atoms with Crippen LogP contribution in [0.4, 0.5) is 0 Å². The molecule has 0 aliphatic rings. The quantitative estimate of drug-likeness (QED) is 0.612. The summed E-state index contributed by atoms with van der Waals surface area (Å²) in [6.07, 6.45) is 2.89. The van der Waals surface area contributed by atoms with E-state index < -0.39 is 0 Å². The molecule has 0 fully saturated rings. The first-order chi connectivity index (χ1) is 7.49. The van der Waals surface area contributed by atoms with Crippen LogP contribution in [-0.2, 0) is 4.79 Å². The fraction of sp³-hybridized carbons (Fsp3) is 0.917. The van der Waals surface area contributed by atoms with Crippen LogP contribution in [0, 0.1) is 0 Å². The van der Waals surface area contributed by atoms with Crippen molar-refractivity contribution >= 4 is 5.91 Å². The van der Waals surface area contributed by atoms with E-state index in [1.807, 2.05) is 27.8 Å². The summed E-state index contributed by atoms with van der Waals surface area (Å²) in [7, 11) is 1.96. The Hall–Kier alpha value is -0.610. The van der Waals surface area contributed by atoms with Crippen molar-refractivity contribution in [3.63, 3.8) is 0 Å². The number of amides is 1. The molecule has 1 amide bonds. The van der Waals surface area contributed by atoms with E-state index in [1.54, 1.807) is 0 Å². The van der Waals surface area contributed by atoms with Gasteiger partial charge < -0.3 is 10.4 Å². The first-order valence-corrected chi connectivity index (χ1v) is 6.10. The van der Waals surface area contributed by atoms with Crippen molar-refractivity contribution in [2.24, 2.45) is 0 Å². The molecule has 1 unspecified atom stereocenters. The van der Waals surface area contributed by atoms with Gasteiger partial charge in [-0.3, -0.25) is 9.69 Å². The standard InChI is InChI=1S/C12H26N2O2/c1-10(2)13-12(16)11(3)14(4)8-6-5-7-9-15/h10-11,15H,5-9H2,1-4H3,(H,13,16). The molecule has 0 spiro atoms. The molecule has 0 heterocycles. The number of likely N-dealkylation sites (N-methyl/N-ethyl adjacent to an activating group) is 1. The SMILES string of the molecule is CC(C)NC(=O)C(C)N(C)CCCCCO. The Balaban J connectivity index is 3.79. The van der Waals surface area contributed by atoms with Gasteiger partial charge in [-0.1, -0.05) is 0 Å². The van der Waals surface area contributed by atoms with E-state index in [2.05, 4.69) is 10.2 Å². The third-order valence-corrected chi connectivity index (χ3v) is 2.64. The van der Waals surface area contributed by atoms with Gasteiger partial charge in [-0.25, -0.2) is 0 Å². The molecule has 96 valence electrons. The zero-order valence-electron chi connectivity index (χ0n) is 11.0. The highest BCUT2D eigenvalue weighted by molar-refractivity contribution is 5.81. The summed E-state index contributed by atoms with van der Waals surface area (Å²) in [5.41, 5.74) is 0. The number of hydrogen-bond acceptors (Lipinski definition) is 3. The number of rotatable bonds is 8. The highest BCUT2D eigenvalue weighted by Crippen LogP contribution is 2.01. The van der Waals surface area contributed by atoms with Crippen molar-refractivity contribution in [2.45, 2.75) is 52.1 Å². The van der Waals surface area contributed by atoms with Crippen molar-refractivity contribution in [3.8, 4) is 0 Å². The Bertz CT molecular complexity index is 195. The summed E-state index contributed by atoms with van der Waals surface area (Å²) in [6, 6.07) is 0.106. The molecular formula is C12H26N2O2. The third kappa shape index (κ3) is 6.80. The molecule has 16 heavy (non-hydrogen) atoms. The van der Waals surface area contributed by atoms with E-state index in [0.717, 1.165) is 25.8 Å². The summed E-state index contributed by atoms with van der Waals surface area (Å²) in [5.74, 6) is 0.0830. The van der Waals surface area contributed by atoms with Crippen LogP contribution in [0.25, 0.3) is 0 Å². The summed E-state index contributed by atoms with van der Waals surface area (Å²) in [4.78, 5) is 13.7. The van der Waals surface area contributed by atoms with Gasteiger partial charge in [-0.15, -0.1) is 0 Å². The fourth-order valence-electron chi connectivity index (χ4n) is 1.45. The zero-order valence-corrected chi connectivity index (χ0v) is 11.0. The molecule has 0 aliphatic heterocycles. The normalized spacial score (nSPS) is 13.2. The monoisotopic (exact) mass is 230 g/mol. The minimum Gasteiger partial charge on any atom is -0.396 e. The molecule has 2 N–H and O–H groups in total. The maximum atomic E-state index is 11.7. The number of unbranched alkanes of at least 4 members (excludes halogenated alkanes) is 2. The van der Waals surface area contributed by atoms with Gasteiger partial charge in [0.25, 0.3) is 0 Å². The summed E-state index contributed by atoms with van der Waals surface area (Å²) in [6.45, 7) is 7.00. The predicted octanol–water partition coefficient (Wildman–Crippen LogP) is 0.994. The lowest BCUT2D eigenvalue weighted by atomic mass is 10.2. The number of nitrogens with zero attached hydrogens (tertiary/aromatic N) is 1. The average molecular weight is 230 g/mol. The van der Waals surface area contributed by atoms with E-state index in [-0.39, 0.29) is 24.6 Å². The van der Waals surface area contributed by atoms with Crippen molar-refractivity contribution in [1.29, 1.82) is 0 Å². The molecular weight excluding hydrogens is 204 g/mol. The van der Waals surface area contributed by atoms with Gasteiger partial charge in [-0.2, -0.15) is 0 Å². The maximum Gasteiger partial charge on any atom is 0.237 e. The van der Waals surface area contributed by atoms with E-state index >= 15 is 0 Å². The molecule has 0 aromatic rings. The van der Waals surface area contributed by atoms with E-state index in [1.165, 1.54) is 0 Å². The largest absolute Gasteiger partial charge is 0.396 e. The summed E-state index contributed by atoms with van der Waals surface area (Å²) < 4.78 is 0. The second-order valence-corrected chi connectivity index (χ2v) is 4.60. The van der Waals surface area contributed by atoms with Crippen LogP contribution in [0.15, 0.2) is 0 Å². The van der Waals surface area contributed by atoms with Crippen LogP contribution in [0.5, 0.6) is 0 Å². The van der Waals surface area contributed by atoms with Gasteiger partial charge in [0.05, 0.1) is 6.04 Å². The number of aliphatic hydroxyl groups excluding tert-OH is 1. The fourth-order valence-corrected chi connectivity index (χ4v) is 1.45. The minimum atomic E-state index is -0.0865. The molecule has 0 saturated heterocycles. The Morgan fingerprint density at radius 1 is 1.25 bits per heavy atom. The number of carbonyl (C=O) groups is 1. The summed E-state index contributed by atoms with van der Waals surface area (Å²) >= 11 is 0. The van der Waals surface area contributed by atoms with Crippen molar-refractivity contribution in [3.05, 3.63) is 0 Å². The third-order valence-electron chi connectivity index (χ3n) is 2.64. The molecule has 0 rings (SSSR count). The Labute approximate surface area is 99.0 Å². The minimum absolute atomic E-state index is 0.0830. The molecule has 0 bridgehead atoms. The highest BCUT2D eigenvalue weighted by atomic mass is 16.2. The van der Waals surface area contributed by atoms with Gasteiger partial charge >= 0.3 is 0 Å². The Kier molecular flexibility index (Phi) is 8.21. The zero-order chi connectivity index (χ0) is 12.6. The smallest absolute Gasteiger partial charge is 0.237 e. The lowest BCUT2D eigenvalue weighted by molar-refractivity contribution is -0.125. The van der Waals surface area contributed by atoms with Crippen molar-refractivity contribution in [2.75, 3.05) is 20.2 Å². The number of nitrogens with one attached hydrogen (secondary N) is 1. The molecule has 4 nitrogen and oxygen atoms in total. The molecule has 1 atom stereocenters. The van der Waals surface area contributed by atoms with Gasteiger partial charge in [-0.05, 0) is 53.6 Å².